The van der Waals surface area contributed by atoms with Crippen molar-refractivity contribution in [1.29, 1.82) is 0 Å². The maximum Gasteiger partial charge on any atom is 0.467 e. The molecule has 0 aromatic carbocycles. The molecule has 24 heavy (non-hydrogen) atoms. The van der Waals surface area contributed by atoms with Crippen molar-refractivity contribution in [2.24, 2.45) is 0 Å². The van der Waals surface area contributed by atoms with Gasteiger partial charge in [-0.25, -0.2) is 0 Å². The first-order valence-corrected chi connectivity index (χ1v) is 8.92. The number of ether oxygens (including phenoxy) is 3. The zero-order chi connectivity index (χ0) is 17.5. The summed E-state index contributed by atoms with van der Waals surface area (Å²) < 4.78 is 28.6. The van der Waals surface area contributed by atoms with Crippen molar-refractivity contribution in [1.82, 2.24) is 0 Å². The number of hydrogen-bond acceptors (Lipinski definition) is 7. The van der Waals surface area contributed by atoms with Crippen LogP contribution in [0.4, 0.5) is 0 Å². The summed E-state index contributed by atoms with van der Waals surface area (Å²) in [6.07, 6.45) is 0.156. The van der Waals surface area contributed by atoms with Crippen LogP contribution in [0.1, 0.15) is 44.8 Å². The maximum absolute atomic E-state index is 12.0. The molecule has 1 saturated heterocycles. The van der Waals surface area contributed by atoms with E-state index < -0.39 is 18.3 Å². The quantitative estimate of drug-likeness (QED) is 0.612. The molecule has 132 valence electrons. The van der Waals surface area contributed by atoms with E-state index in [0.717, 1.165) is 4.88 Å². The Hall–Kier alpha value is -1.25. The van der Waals surface area contributed by atoms with E-state index in [0.29, 0.717) is 24.7 Å². The van der Waals surface area contributed by atoms with Gasteiger partial charge in [-0.05, 0) is 27.7 Å². The van der Waals surface area contributed by atoms with Gasteiger partial charge in [0.15, 0.2) is 11.5 Å². The molecule has 0 saturated carbocycles. The van der Waals surface area contributed by atoms with E-state index in [4.69, 9.17) is 23.5 Å². The van der Waals surface area contributed by atoms with Crippen LogP contribution in [-0.4, -0.2) is 44.6 Å². The number of fused-ring (bicyclic) bond motifs is 1. The summed E-state index contributed by atoms with van der Waals surface area (Å²) in [5.41, 5.74) is -0.943. The summed E-state index contributed by atoms with van der Waals surface area (Å²) >= 11 is 1.50. The lowest BCUT2D eigenvalue weighted by atomic mass is 9.69. The summed E-state index contributed by atoms with van der Waals surface area (Å²) in [5.74, 6) is 0.782. The molecule has 8 heteroatoms. The standard InChI is InChI=1S/C16H23BO6S/c1-15(2)16(3,4)23-17(22-15)10(8-12(18)19-5)14-13-11(9-24-14)20-6-7-21-13/h9-10H,6-8H2,1-5H3. The second-order valence-corrected chi connectivity index (χ2v) is 7.91. The van der Waals surface area contributed by atoms with Gasteiger partial charge in [-0.1, -0.05) is 0 Å². The zero-order valence-corrected chi connectivity index (χ0v) is 15.5. The summed E-state index contributed by atoms with van der Waals surface area (Å²) in [7, 11) is 0.829. The molecule has 0 radical (unpaired) electrons. The highest BCUT2D eigenvalue weighted by Crippen LogP contribution is 2.48. The molecule has 0 spiro atoms. The molecule has 2 aliphatic heterocycles. The highest BCUT2D eigenvalue weighted by Gasteiger charge is 2.55. The third-order valence-electron chi connectivity index (χ3n) is 4.88. The van der Waals surface area contributed by atoms with Crippen LogP contribution in [-0.2, 0) is 18.8 Å². The van der Waals surface area contributed by atoms with Crippen LogP contribution >= 0.6 is 11.3 Å². The highest BCUT2D eigenvalue weighted by atomic mass is 32.1. The normalized spacial score (nSPS) is 22.3. The Kier molecular flexibility index (Phi) is 4.57. The molecular weight excluding hydrogens is 331 g/mol. The van der Waals surface area contributed by atoms with Gasteiger partial charge in [0.1, 0.15) is 13.2 Å². The van der Waals surface area contributed by atoms with Crippen molar-refractivity contribution >= 4 is 24.4 Å². The first-order valence-electron chi connectivity index (χ1n) is 8.04. The summed E-state index contributed by atoms with van der Waals surface area (Å²) in [5, 5.41) is 1.90. The summed E-state index contributed by atoms with van der Waals surface area (Å²) in [6, 6.07) is 0. The molecule has 1 fully saturated rings. The Morgan fingerprint density at radius 3 is 2.50 bits per heavy atom. The van der Waals surface area contributed by atoms with Gasteiger partial charge >= 0.3 is 13.1 Å². The van der Waals surface area contributed by atoms with Crippen LogP contribution in [0.3, 0.4) is 0 Å². The molecular formula is C16H23BO6S. The van der Waals surface area contributed by atoms with E-state index in [1.165, 1.54) is 18.4 Å². The van der Waals surface area contributed by atoms with E-state index >= 15 is 0 Å². The highest BCUT2D eigenvalue weighted by molar-refractivity contribution is 7.11. The van der Waals surface area contributed by atoms with Gasteiger partial charge in [0.25, 0.3) is 0 Å². The lowest BCUT2D eigenvalue weighted by Crippen LogP contribution is -2.41. The van der Waals surface area contributed by atoms with Crippen LogP contribution in [0.2, 0.25) is 0 Å². The van der Waals surface area contributed by atoms with Crippen LogP contribution in [0, 0.1) is 0 Å². The van der Waals surface area contributed by atoms with Gasteiger partial charge in [0, 0.05) is 11.2 Å². The molecule has 1 atom stereocenters. The number of carbonyl (C=O) groups is 1. The van der Waals surface area contributed by atoms with Crippen molar-refractivity contribution in [2.75, 3.05) is 20.3 Å². The smallest absolute Gasteiger partial charge is 0.467 e. The van der Waals surface area contributed by atoms with Gasteiger partial charge in [-0.3, -0.25) is 4.79 Å². The van der Waals surface area contributed by atoms with Crippen molar-refractivity contribution < 1.29 is 28.3 Å². The van der Waals surface area contributed by atoms with E-state index in [-0.39, 0.29) is 18.2 Å². The van der Waals surface area contributed by atoms with Gasteiger partial charge in [-0.2, -0.15) is 0 Å². The third-order valence-corrected chi connectivity index (χ3v) is 5.95. The minimum atomic E-state index is -0.553. The number of methoxy groups -OCH3 is 1. The molecule has 0 aliphatic carbocycles. The van der Waals surface area contributed by atoms with E-state index in [1.807, 2.05) is 33.1 Å². The minimum absolute atomic E-state index is 0.156. The van der Waals surface area contributed by atoms with Gasteiger partial charge in [-0.15, -0.1) is 11.3 Å². The molecule has 1 aromatic heterocycles. The maximum atomic E-state index is 12.0. The van der Waals surface area contributed by atoms with Crippen LogP contribution in [0.25, 0.3) is 0 Å². The van der Waals surface area contributed by atoms with Crippen LogP contribution in [0.5, 0.6) is 11.5 Å². The minimum Gasteiger partial charge on any atom is -0.485 e. The largest absolute Gasteiger partial charge is 0.485 e. The van der Waals surface area contributed by atoms with Crippen molar-refractivity contribution in [3.05, 3.63) is 10.3 Å². The average Bonchev–Trinajstić information content (AvgIpc) is 3.03. The zero-order valence-electron chi connectivity index (χ0n) is 14.7. The Balaban J connectivity index is 1.93. The number of rotatable bonds is 4. The molecule has 1 aromatic rings. The molecule has 1 unspecified atom stereocenters. The monoisotopic (exact) mass is 354 g/mol. The predicted octanol–water partition coefficient (Wildman–Crippen LogP) is 2.80. The first-order chi connectivity index (χ1) is 11.2. The van der Waals surface area contributed by atoms with Gasteiger partial charge in [0.2, 0.25) is 0 Å². The average molecular weight is 354 g/mol. The third kappa shape index (κ3) is 3.02. The lowest BCUT2D eigenvalue weighted by molar-refractivity contribution is -0.140. The Bertz CT molecular complexity index is 610. The number of carbonyl (C=O) groups excluding carboxylic acids is 1. The molecule has 3 rings (SSSR count). The fraction of sp³-hybridized carbons (Fsp3) is 0.688. The Morgan fingerprint density at radius 1 is 1.25 bits per heavy atom. The fourth-order valence-electron chi connectivity index (χ4n) is 2.77. The predicted molar refractivity (Wildman–Crippen MR) is 90.8 cm³/mol. The lowest BCUT2D eigenvalue weighted by Gasteiger charge is -2.32. The van der Waals surface area contributed by atoms with E-state index in [2.05, 4.69) is 0 Å². The fourth-order valence-corrected chi connectivity index (χ4v) is 3.81. The number of esters is 1. The van der Waals surface area contributed by atoms with E-state index in [1.54, 1.807) is 0 Å². The molecule has 2 aliphatic rings. The van der Waals surface area contributed by atoms with Crippen molar-refractivity contribution in [3.63, 3.8) is 0 Å². The van der Waals surface area contributed by atoms with Crippen molar-refractivity contribution in [2.45, 2.75) is 51.1 Å². The Labute approximate surface area is 146 Å². The number of thiophene rings is 1. The topological polar surface area (TPSA) is 63.2 Å². The Morgan fingerprint density at radius 2 is 1.88 bits per heavy atom. The second kappa shape index (κ2) is 6.24. The summed E-state index contributed by atoms with van der Waals surface area (Å²) in [4.78, 5) is 12.9. The first kappa shape index (κ1) is 17.6. The molecule has 0 bridgehead atoms. The molecule has 3 heterocycles. The molecule has 6 nitrogen and oxygen atoms in total. The van der Waals surface area contributed by atoms with Crippen molar-refractivity contribution in [3.8, 4) is 11.5 Å². The van der Waals surface area contributed by atoms with Gasteiger partial charge in [0.05, 0.1) is 29.6 Å². The van der Waals surface area contributed by atoms with Crippen LogP contribution < -0.4 is 9.47 Å². The second-order valence-electron chi connectivity index (χ2n) is 7.00. The summed E-state index contributed by atoms with van der Waals surface area (Å²) in [6.45, 7) is 8.99. The molecule has 0 N–H and O–H groups in total. The van der Waals surface area contributed by atoms with Gasteiger partial charge < -0.3 is 23.5 Å². The van der Waals surface area contributed by atoms with Crippen LogP contribution in [0.15, 0.2) is 5.38 Å². The SMILES string of the molecule is COC(=O)CC(B1OC(C)(C)C(C)(C)O1)c1scc2c1OCCO2. The number of hydrogen-bond donors (Lipinski definition) is 0. The van der Waals surface area contributed by atoms with E-state index in [9.17, 15) is 4.79 Å². The molecule has 0 amide bonds.